The third-order valence-corrected chi connectivity index (χ3v) is 3.88. The molecule has 0 fully saturated rings. The van der Waals surface area contributed by atoms with Gasteiger partial charge in [-0.3, -0.25) is 9.59 Å². The highest BCUT2D eigenvalue weighted by molar-refractivity contribution is 5.93. The van der Waals surface area contributed by atoms with Gasteiger partial charge in [-0.1, -0.05) is 18.2 Å². The maximum absolute atomic E-state index is 12.9. The maximum Gasteiger partial charge on any atom is 0.417 e. The van der Waals surface area contributed by atoms with Crippen LogP contribution in [0.25, 0.3) is 0 Å². The van der Waals surface area contributed by atoms with Crippen LogP contribution < -0.4 is 10.5 Å². The number of aromatic nitrogens is 1. The van der Waals surface area contributed by atoms with Crippen molar-refractivity contribution in [2.24, 2.45) is 0 Å². The minimum Gasteiger partial charge on any atom is -0.467 e. The van der Waals surface area contributed by atoms with E-state index in [-0.39, 0.29) is 6.54 Å². The summed E-state index contributed by atoms with van der Waals surface area (Å²) in [7, 11) is 0. The van der Waals surface area contributed by atoms with E-state index in [9.17, 15) is 22.8 Å². The van der Waals surface area contributed by atoms with Crippen LogP contribution in [-0.2, 0) is 24.1 Å². The van der Waals surface area contributed by atoms with Crippen molar-refractivity contribution < 1.29 is 22.4 Å². The Bertz CT molecular complexity index is 964. The molecule has 2 aromatic heterocycles. The molecule has 8 heteroatoms. The first-order valence-electron chi connectivity index (χ1n) is 8.00. The molecule has 1 amide bonds. The van der Waals surface area contributed by atoms with Crippen molar-refractivity contribution in [3.8, 4) is 0 Å². The van der Waals surface area contributed by atoms with E-state index in [1.54, 1.807) is 42.5 Å². The van der Waals surface area contributed by atoms with Gasteiger partial charge in [0.1, 0.15) is 12.3 Å². The summed E-state index contributed by atoms with van der Waals surface area (Å²) < 4.78 is 44.7. The van der Waals surface area contributed by atoms with Crippen LogP contribution in [0.3, 0.4) is 0 Å². The molecule has 27 heavy (non-hydrogen) atoms. The van der Waals surface area contributed by atoms with Gasteiger partial charge >= 0.3 is 6.18 Å². The Kier molecular flexibility index (Phi) is 5.16. The van der Waals surface area contributed by atoms with Gasteiger partial charge in [-0.15, -0.1) is 0 Å². The SMILES string of the molecule is O=C(Cn1cc(C(F)(F)F)ccc1=O)N(Cc1ccco1)c1ccccc1. The van der Waals surface area contributed by atoms with Gasteiger partial charge in [0.2, 0.25) is 5.91 Å². The molecule has 0 N–H and O–H groups in total. The van der Waals surface area contributed by atoms with Crippen molar-refractivity contribution in [1.29, 1.82) is 0 Å². The van der Waals surface area contributed by atoms with Gasteiger partial charge in [0.05, 0.1) is 18.4 Å². The Hall–Kier alpha value is -3.29. The van der Waals surface area contributed by atoms with Crippen molar-refractivity contribution >= 4 is 11.6 Å². The number of furan rings is 1. The molecule has 0 aliphatic heterocycles. The molecule has 0 saturated carbocycles. The maximum atomic E-state index is 12.9. The second kappa shape index (κ2) is 7.53. The zero-order valence-electron chi connectivity index (χ0n) is 14.0. The molecule has 0 bridgehead atoms. The molecule has 2 heterocycles. The molecule has 3 rings (SSSR count). The van der Waals surface area contributed by atoms with E-state index >= 15 is 0 Å². The lowest BCUT2D eigenvalue weighted by molar-refractivity contribution is -0.138. The number of hydrogen-bond donors (Lipinski definition) is 0. The number of alkyl halides is 3. The number of halogens is 3. The number of amides is 1. The second-order valence-corrected chi connectivity index (χ2v) is 5.78. The zero-order valence-corrected chi connectivity index (χ0v) is 14.0. The van der Waals surface area contributed by atoms with Gasteiger partial charge in [0.15, 0.2) is 0 Å². The molecule has 1 aromatic carbocycles. The van der Waals surface area contributed by atoms with Crippen LogP contribution in [0.15, 0.2) is 76.3 Å². The predicted octanol–water partition coefficient (Wildman–Crippen LogP) is 3.69. The Balaban J connectivity index is 1.90. The molecular weight excluding hydrogens is 361 g/mol. The first kappa shape index (κ1) is 18.5. The average molecular weight is 376 g/mol. The molecule has 5 nitrogen and oxygen atoms in total. The zero-order chi connectivity index (χ0) is 19.4. The summed E-state index contributed by atoms with van der Waals surface area (Å²) in [5.74, 6) is -0.0392. The van der Waals surface area contributed by atoms with Crippen LogP contribution in [-0.4, -0.2) is 10.5 Å². The third-order valence-electron chi connectivity index (χ3n) is 3.88. The first-order chi connectivity index (χ1) is 12.8. The summed E-state index contributed by atoms with van der Waals surface area (Å²) in [5.41, 5.74) is -1.14. The minimum absolute atomic E-state index is 0.0869. The molecule has 140 valence electrons. The Labute approximate surface area is 152 Å². The minimum atomic E-state index is -4.61. The lowest BCUT2D eigenvalue weighted by Gasteiger charge is -2.22. The molecule has 0 unspecified atom stereocenters. The fraction of sp³-hybridized carbons (Fsp3) is 0.158. The van der Waals surface area contributed by atoms with Crippen molar-refractivity contribution in [1.82, 2.24) is 4.57 Å². The first-order valence-corrected chi connectivity index (χ1v) is 8.00. The number of nitrogens with zero attached hydrogens (tertiary/aromatic N) is 2. The van der Waals surface area contributed by atoms with E-state index in [0.717, 1.165) is 10.6 Å². The number of rotatable bonds is 5. The van der Waals surface area contributed by atoms with Gasteiger partial charge in [0, 0.05) is 18.0 Å². The van der Waals surface area contributed by atoms with Crippen LogP contribution in [0.1, 0.15) is 11.3 Å². The summed E-state index contributed by atoms with van der Waals surface area (Å²) in [4.78, 5) is 26.1. The fourth-order valence-corrected chi connectivity index (χ4v) is 2.54. The summed E-state index contributed by atoms with van der Waals surface area (Å²) in [6, 6.07) is 13.5. The summed E-state index contributed by atoms with van der Waals surface area (Å²) >= 11 is 0. The van der Waals surface area contributed by atoms with E-state index in [1.807, 2.05) is 0 Å². The monoisotopic (exact) mass is 376 g/mol. The van der Waals surface area contributed by atoms with Crippen molar-refractivity contribution in [3.63, 3.8) is 0 Å². The number of carbonyl (C=O) groups is 1. The summed E-state index contributed by atoms with van der Waals surface area (Å²) in [6.07, 6.45) is -2.50. The molecule has 0 spiro atoms. The van der Waals surface area contributed by atoms with Gasteiger partial charge in [0.25, 0.3) is 5.56 Å². The number of anilines is 1. The standard InChI is InChI=1S/C19H15F3N2O3/c20-19(21,22)14-8-9-17(25)23(11-14)13-18(26)24(12-16-7-4-10-27-16)15-5-2-1-3-6-15/h1-11H,12-13H2. The van der Waals surface area contributed by atoms with Crippen LogP contribution in [0.4, 0.5) is 18.9 Å². The quantitative estimate of drug-likeness (QED) is 0.682. The van der Waals surface area contributed by atoms with Crippen LogP contribution in [0.2, 0.25) is 0 Å². The van der Waals surface area contributed by atoms with E-state index in [4.69, 9.17) is 4.42 Å². The highest BCUT2D eigenvalue weighted by Gasteiger charge is 2.31. The van der Waals surface area contributed by atoms with Gasteiger partial charge < -0.3 is 13.9 Å². The number of carbonyl (C=O) groups excluding carboxylic acids is 1. The fourth-order valence-electron chi connectivity index (χ4n) is 2.54. The Morgan fingerprint density at radius 1 is 1.04 bits per heavy atom. The van der Waals surface area contributed by atoms with Gasteiger partial charge in [-0.2, -0.15) is 13.2 Å². The number of pyridine rings is 1. The van der Waals surface area contributed by atoms with Crippen LogP contribution in [0.5, 0.6) is 0 Å². The van der Waals surface area contributed by atoms with Crippen molar-refractivity contribution in [2.45, 2.75) is 19.3 Å². The third kappa shape index (κ3) is 4.46. The molecular formula is C19H15F3N2O3. The van der Waals surface area contributed by atoms with Gasteiger partial charge in [-0.05, 0) is 30.3 Å². The number of hydrogen-bond acceptors (Lipinski definition) is 3. The molecule has 0 saturated heterocycles. The van der Waals surface area contributed by atoms with Crippen molar-refractivity contribution in [3.05, 3.63) is 88.7 Å². The Morgan fingerprint density at radius 3 is 2.41 bits per heavy atom. The lowest BCUT2D eigenvalue weighted by Crippen LogP contribution is -2.36. The van der Waals surface area contributed by atoms with E-state index in [0.29, 0.717) is 23.7 Å². The molecule has 0 atom stereocenters. The molecule has 0 aliphatic rings. The van der Waals surface area contributed by atoms with Gasteiger partial charge in [-0.25, -0.2) is 0 Å². The predicted molar refractivity (Wildman–Crippen MR) is 92.0 cm³/mol. The summed E-state index contributed by atoms with van der Waals surface area (Å²) in [6.45, 7) is -0.443. The molecule has 0 radical (unpaired) electrons. The van der Waals surface area contributed by atoms with E-state index < -0.39 is 29.8 Å². The molecule has 3 aromatic rings. The van der Waals surface area contributed by atoms with Crippen LogP contribution in [0, 0.1) is 0 Å². The lowest BCUT2D eigenvalue weighted by atomic mass is 10.2. The topological polar surface area (TPSA) is 55.5 Å². The second-order valence-electron chi connectivity index (χ2n) is 5.78. The van der Waals surface area contributed by atoms with Crippen LogP contribution >= 0.6 is 0 Å². The smallest absolute Gasteiger partial charge is 0.417 e. The normalized spacial score (nSPS) is 11.4. The largest absolute Gasteiger partial charge is 0.467 e. The average Bonchev–Trinajstić information content (AvgIpc) is 3.14. The highest BCUT2D eigenvalue weighted by Crippen LogP contribution is 2.28. The van der Waals surface area contributed by atoms with E-state index in [1.165, 1.54) is 11.2 Å². The number of benzene rings is 1. The summed E-state index contributed by atoms with van der Waals surface area (Å²) in [5, 5.41) is 0. The van der Waals surface area contributed by atoms with E-state index in [2.05, 4.69) is 0 Å². The van der Waals surface area contributed by atoms with Crippen molar-refractivity contribution in [2.75, 3.05) is 4.90 Å². The highest BCUT2D eigenvalue weighted by atomic mass is 19.4. The molecule has 0 aliphatic carbocycles. The Morgan fingerprint density at radius 2 is 1.78 bits per heavy atom. The number of para-hydroxylation sites is 1.